The zero-order valence-corrected chi connectivity index (χ0v) is 7.41. The van der Waals surface area contributed by atoms with E-state index in [1.54, 1.807) is 11.3 Å². The molecule has 0 atom stereocenters. The van der Waals surface area contributed by atoms with Crippen molar-refractivity contribution in [1.29, 1.82) is 0 Å². The Balaban J connectivity index is 2.29. The first-order chi connectivity index (χ1) is 5.33. The van der Waals surface area contributed by atoms with Crippen LogP contribution in [0.4, 0.5) is 0 Å². The third-order valence-electron chi connectivity index (χ3n) is 1.16. The minimum absolute atomic E-state index is 0.0331. The summed E-state index contributed by atoms with van der Waals surface area (Å²) in [4.78, 5) is 11.8. The molecule has 0 aromatic carbocycles. The number of carbonyl (C=O) groups is 1. The molecule has 1 amide bonds. The minimum atomic E-state index is -0.125. The average molecular weight is 190 g/mol. The SMILES string of the molecule is O=C(CCl)NCc1cccs1. The van der Waals surface area contributed by atoms with Crippen LogP contribution in [0.2, 0.25) is 0 Å². The number of carbonyl (C=O) groups excluding carboxylic acids is 1. The molecule has 11 heavy (non-hydrogen) atoms. The first-order valence-corrected chi connectivity index (χ1v) is 4.59. The van der Waals surface area contributed by atoms with Crippen LogP contribution in [0.5, 0.6) is 0 Å². The Hall–Kier alpha value is -0.540. The summed E-state index contributed by atoms with van der Waals surface area (Å²) >= 11 is 6.90. The number of hydrogen-bond acceptors (Lipinski definition) is 2. The molecule has 0 bridgehead atoms. The summed E-state index contributed by atoms with van der Waals surface area (Å²) in [6.45, 7) is 0.587. The fourth-order valence-electron chi connectivity index (χ4n) is 0.646. The predicted octanol–water partition coefficient (Wildman–Crippen LogP) is 1.60. The van der Waals surface area contributed by atoms with Crippen LogP contribution in [0.15, 0.2) is 17.5 Å². The van der Waals surface area contributed by atoms with Gasteiger partial charge in [0.2, 0.25) is 5.91 Å². The molecule has 1 aromatic heterocycles. The van der Waals surface area contributed by atoms with E-state index in [9.17, 15) is 4.79 Å². The lowest BCUT2D eigenvalue weighted by atomic mass is 10.4. The van der Waals surface area contributed by atoms with Gasteiger partial charge in [-0.25, -0.2) is 0 Å². The van der Waals surface area contributed by atoms with Gasteiger partial charge in [0.25, 0.3) is 0 Å². The molecule has 1 aromatic rings. The molecule has 2 nitrogen and oxygen atoms in total. The fourth-order valence-corrected chi connectivity index (χ4v) is 1.39. The summed E-state index contributed by atoms with van der Waals surface area (Å²) in [5.74, 6) is -0.0918. The molecule has 0 aliphatic carbocycles. The molecule has 0 fully saturated rings. The number of hydrogen-bond donors (Lipinski definition) is 1. The van der Waals surface area contributed by atoms with Crippen LogP contribution in [0.3, 0.4) is 0 Å². The van der Waals surface area contributed by atoms with Crippen LogP contribution in [0.25, 0.3) is 0 Å². The highest BCUT2D eigenvalue weighted by atomic mass is 35.5. The molecule has 0 spiro atoms. The Bertz CT molecular complexity index is 222. The van der Waals surface area contributed by atoms with Crippen molar-refractivity contribution < 1.29 is 4.79 Å². The summed E-state index contributed by atoms with van der Waals surface area (Å²) in [6, 6.07) is 3.92. The second kappa shape index (κ2) is 4.36. The van der Waals surface area contributed by atoms with Crippen LogP contribution < -0.4 is 5.32 Å². The molecule has 0 radical (unpaired) electrons. The monoisotopic (exact) mass is 189 g/mol. The lowest BCUT2D eigenvalue weighted by Gasteiger charge is -1.98. The summed E-state index contributed by atoms with van der Waals surface area (Å²) in [6.07, 6.45) is 0. The molecule has 0 aliphatic heterocycles. The number of alkyl halides is 1. The van der Waals surface area contributed by atoms with E-state index in [-0.39, 0.29) is 11.8 Å². The number of nitrogens with one attached hydrogen (secondary N) is 1. The van der Waals surface area contributed by atoms with Gasteiger partial charge in [-0.15, -0.1) is 22.9 Å². The van der Waals surface area contributed by atoms with Crippen LogP contribution in [0, 0.1) is 0 Å². The molecule has 1 rings (SSSR count). The summed E-state index contributed by atoms with van der Waals surface area (Å²) in [7, 11) is 0. The smallest absolute Gasteiger partial charge is 0.235 e. The Kier molecular flexibility index (Phi) is 3.39. The zero-order chi connectivity index (χ0) is 8.10. The Morgan fingerprint density at radius 3 is 3.09 bits per heavy atom. The molecular weight excluding hydrogens is 182 g/mol. The van der Waals surface area contributed by atoms with Gasteiger partial charge in [-0.05, 0) is 11.4 Å². The van der Waals surface area contributed by atoms with E-state index in [1.807, 2.05) is 17.5 Å². The van der Waals surface area contributed by atoms with Gasteiger partial charge >= 0.3 is 0 Å². The van der Waals surface area contributed by atoms with Crippen molar-refractivity contribution in [3.63, 3.8) is 0 Å². The Morgan fingerprint density at radius 1 is 1.73 bits per heavy atom. The Morgan fingerprint density at radius 2 is 2.55 bits per heavy atom. The highest BCUT2D eigenvalue weighted by Crippen LogP contribution is 2.06. The maximum atomic E-state index is 10.7. The van der Waals surface area contributed by atoms with Gasteiger partial charge in [0, 0.05) is 4.88 Å². The topological polar surface area (TPSA) is 29.1 Å². The van der Waals surface area contributed by atoms with E-state index in [0.29, 0.717) is 6.54 Å². The van der Waals surface area contributed by atoms with E-state index >= 15 is 0 Å². The number of amides is 1. The van der Waals surface area contributed by atoms with E-state index in [0.717, 1.165) is 4.88 Å². The molecule has 0 saturated heterocycles. The third-order valence-corrected chi connectivity index (χ3v) is 2.28. The largest absolute Gasteiger partial charge is 0.350 e. The molecule has 0 saturated carbocycles. The fraction of sp³-hybridized carbons (Fsp3) is 0.286. The van der Waals surface area contributed by atoms with Crippen molar-refractivity contribution in [2.45, 2.75) is 6.54 Å². The highest BCUT2D eigenvalue weighted by Gasteiger charge is 1.97. The highest BCUT2D eigenvalue weighted by molar-refractivity contribution is 7.09. The van der Waals surface area contributed by atoms with Gasteiger partial charge in [-0.1, -0.05) is 6.07 Å². The Labute approximate surface area is 74.2 Å². The van der Waals surface area contributed by atoms with Gasteiger partial charge in [-0.3, -0.25) is 4.79 Å². The molecule has 0 unspecified atom stereocenters. The maximum Gasteiger partial charge on any atom is 0.235 e. The van der Waals surface area contributed by atoms with Crippen LogP contribution in [-0.4, -0.2) is 11.8 Å². The summed E-state index contributed by atoms with van der Waals surface area (Å²) in [5.41, 5.74) is 0. The number of halogens is 1. The van der Waals surface area contributed by atoms with Gasteiger partial charge in [0.15, 0.2) is 0 Å². The van der Waals surface area contributed by atoms with Crippen molar-refractivity contribution in [1.82, 2.24) is 5.32 Å². The van der Waals surface area contributed by atoms with Crippen LogP contribution in [0.1, 0.15) is 4.88 Å². The standard InChI is InChI=1S/C7H8ClNOS/c8-4-7(10)9-5-6-2-1-3-11-6/h1-3H,4-5H2,(H,9,10). The zero-order valence-electron chi connectivity index (χ0n) is 5.84. The summed E-state index contributed by atoms with van der Waals surface area (Å²) in [5, 5.41) is 4.65. The van der Waals surface area contributed by atoms with Crippen molar-refractivity contribution in [2.24, 2.45) is 0 Å². The molecule has 60 valence electrons. The van der Waals surface area contributed by atoms with Gasteiger partial charge < -0.3 is 5.32 Å². The van der Waals surface area contributed by atoms with Crippen molar-refractivity contribution >= 4 is 28.8 Å². The normalized spacial score (nSPS) is 9.55. The van der Waals surface area contributed by atoms with E-state index in [2.05, 4.69) is 5.32 Å². The first kappa shape index (κ1) is 8.56. The number of thiophene rings is 1. The molecule has 0 aliphatic rings. The van der Waals surface area contributed by atoms with Crippen molar-refractivity contribution in [3.8, 4) is 0 Å². The van der Waals surface area contributed by atoms with Gasteiger partial charge in [0.1, 0.15) is 5.88 Å². The van der Waals surface area contributed by atoms with Gasteiger partial charge in [-0.2, -0.15) is 0 Å². The molecule has 1 heterocycles. The maximum absolute atomic E-state index is 10.7. The first-order valence-electron chi connectivity index (χ1n) is 3.18. The minimum Gasteiger partial charge on any atom is -0.350 e. The van der Waals surface area contributed by atoms with Crippen molar-refractivity contribution in [3.05, 3.63) is 22.4 Å². The summed E-state index contributed by atoms with van der Waals surface area (Å²) < 4.78 is 0. The van der Waals surface area contributed by atoms with Crippen molar-refractivity contribution in [2.75, 3.05) is 5.88 Å². The lowest BCUT2D eigenvalue weighted by Crippen LogP contribution is -2.23. The number of rotatable bonds is 3. The third kappa shape index (κ3) is 2.91. The molecular formula is C7H8ClNOS. The quantitative estimate of drug-likeness (QED) is 0.720. The second-order valence-corrected chi connectivity index (χ2v) is 3.29. The predicted molar refractivity (Wildman–Crippen MR) is 46.9 cm³/mol. The lowest BCUT2D eigenvalue weighted by molar-refractivity contribution is -0.118. The van der Waals surface area contributed by atoms with E-state index in [4.69, 9.17) is 11.6 Å². The van der Waals surface area contributed by atoms with Crippen LogP contribution >= 0.6 is 22.9 Å². The molecule has 4 heteroatoms. The van der Waals surface area contributed by atoms with E-state index < -0.39 is 0 Å². The van der Waals surface area contributed by atoms with E-state index in [1.165, 1.54) is 0 Å². The second-order valence-electron chi connectivity index (χ2n) is 1.99. The molecule has 1 N–H and O–H groups in total. The van der Waals surface area contributed by atoms with Gasteiger partial charge in [0.05, 0.1) is 6.54 Å². The average Bonchev–Trinajstić information content (AvgIpc) is 2.52. The van der Waals surface area contributed by atoms with Crippen LogP contribution in [-0.2, 0) is 11.3 Å².